The number of aromatic nitrogens is 5. The van der Waals surface area contributed by atoms with Crippen LogP contribution < -0.4 is 10.2 Å². The topological polar surface area (TPSA) is 71.8 Å². The summed E-state index contributed by atoms with van der Waals surface area (Å²) in [7, 11) is 1.84. The van der Waals surface area contributed by atoms with E-state index in [1.54, 1.807) is 12.7 Å². The predicted octanol–water partition coefficient (Wildman–Crippen LogP) is 0.892. The summed E-state index contributed by atoms with van der Waals surface area (Å²) < 4.78 is 2.94. The van der Waals surface area contributed by atoms with E-state index in [2.05, 4.69) is 50.9 Å². The molecule has 1 aliphatic heterocycles. The van der Waals surface area contributed by atoms with E-state index in [1.807, 2.05) is 7.05 Å². The van der Waals surface area contributed by atoms with Gasteiger partial charge in [0.2, 0.25) is 0 Å². The smallest absolute Gasteiger partial charge is 0.152 e. The Labute approximate surface area is 112 Å². The molecule has 0 saturated heterocycles. The van der Waals surface area contributed by atoms with E-state index < -0.39 is 0 Å². The minimum atomic E-state index is 0.707. The van der Waals surface area contributed by atoms with Crippen LogP contribution in [0, 0.1) is 0 Å². The molecule has 0 radical (unpaired) electrons. The third kappa shape index (κ3) is 1.82. The van der Waals surface area contributed by atoms with Crippen molar-refractivity contribution in [2.45, 2.75) is 13.1 Å². The summed E-state index contributed by atoms with van der Waals surface area (Å²) in [6, 6.07) is 0. The van der Waals surface area contributed by atoms with E-state index in [-0.39, 0.29) is 0 Å². The lowest BCUT2D eigenvalue weighted by Gasteiger charge is -2.28. The zero-order valence-electron chi connectivity index (χ0n) is 9.84. The van der Waals surface area contributed by atoms with Crippen LogP contribution in [0.15, 0.2) is 17.1 Å². The van der Waals surface area contributed by atoms with Gasteiger partial charge in [0.1, 0.15) is 28.8 Å². The molecule has 0 unspecified atom stereocenters. The second-order valence-electron chi connectivity index (χ2n) is 3.97. The number of anilines is 2. The Balaban J connectivity index is 1.93. The van der Waals surface area contributed by atoms with Crippen LogP contribution in [0.4, 0.5) is 11.6 Å². The molecule has 2 aromatic rings. The van der Waals surface area contributed by atoms with Gasteiger partial charge in [0.15, 0.2) is 5.82 Å². The molecule has 0 atom stereocenters. The number of fused-ring (bicyclic) bond motifs is 1. The molecule has 0 saturated carbocycles. The fourth-order valence-corrected chi connectivity index (χ4v) is 2.66. The van der Waals surface area contributed by atoms with Crippen LogP contribution in [-0.2, 0) is 13.1 Å². The summed E-state index contributed by atoms with van der Waals surface area (Å²) in [6.45, 7) is 2.45. The molecule has 7 nitrogen and oxygen atoms in total. The second-order valence-corrected chi connectivity index (χ2v) is 4.76. The Kier molecular flexibility index (Phi) is 2.86. The summed E-state index contributed by atoms with van der Waals surface area (Å²) >= 11 is 3.54. The largest absolute Gasteiger partial charge is 0.372 e. The van der Waals surface area contributed by atoms with E-state index >= 15 is 0 Å². The molecule has 2 aromatic heterocycles. The highest BCUT2D eigenvalue weighted by Gasteiger charge is 2.21. The highest BCUT2D eigenvalue weighted by molar-refractivity contribution is 9.10. The van der Waals surface area contributed by atoms with Crippen molar-refractivity contribution >= 4 is 27.6 Å². The lowest BCUT2D eigenvalue weighted by molar-refractivity contribution is 0.555. The minimum absolute atomic E-state index is 0.707. The van der Waals surface area contributed by atoms with E-state index in [4.69, 9.17) is 0 Å². The van der Waals surface area contributed by atoms with Crippen LogP contribution in [0.5, 0.6) is 0 Å². The molecule has 0 spiro atoms. The van der Waals surface area contributed by atoms with Gasteiger partial charge in [0.25, 0.3) is 0 Å². The summed E-state index contributed by atoms with van der Waals surface area (Å²) in [6.07, 6.45) is 3.33. The first-order valence-corrected chi connectivity index (χ1v) is 6.39. The predicted molar refractivity (Wildman–Crippen MR) is 70.4 cm³/mol. The van der Waals surface area contributed by atoms with Crippen molar-refractivity contribution in [1.82, 2.24) is 24.7 Å². The number of halogens is 1. The monoisotopic (exact) mass is 309 g/mol. The number of nitrogens with one attached hydrogen (secondary N) is 1. The lowest BCUT2D eigenvalue weighted by Crippen LogP contribution is -2.34. The molecule has 94 valence electrons. The molecule has 0 aliphatic carbocycles. The van der Waals surface area contributed by atoms with Crippen LogP contribution in [0.2, 0.25) is 0 Å². The van der Waals surface area contributed by atoms with Crippen LogP contribution in [0.25, 0.3) is 0 Å². The number of rotatable bonds is 2. The van der Waals surface area contributed by atoms with Crippen LogP contribution in [0.1, 0.15) is 5.82 Å². The Hall–Kier alpha value is -1.70. The average Bonchev–Trinajstić information content (AvgIpc) is 2.86. The van der Waals surface area contributed by atoms with Crippen molar-refractivity contribution in [1.29, 1.82) is 0 Å². The zero-order chi connectivity index (χ0) is 12.5. The van der Waals surface area contributed by atoms with Crippen molar-refractivity contribution in [2.75, 3.05) is 23.8 Å². The van der Waals surface area contributed by atoms with Gasteiger partial charge in [-0.1, -0.05) is 0 Å². The summed E-state index contributed by atoms with van der Waals surface area (Å²) in [5.41, 5.74) is 0. The number of nitrogens with zero attached hydrogens (tertiary/aromatic N) is 6. The van der Waals surface area contributed by atoms with Gasteiger partial charge in [-0.3, -0.25) is 0 Å². The van der Waals surface area contributed by atoms with Crippen molar-refractivity contribution in [3.63, 3.8) is 0 Å². The third-order valence-electron chi connectivity index (χ3n) is 2.95. The first kappa shape index (κ1) is 11.4. The molecular weight excluding hydrogens is 298 g/mol. The summed E-state index contributed by atoms with van der Waals surface area (Å²) in [4.78, 5) is 10.7. The van der Waals surface area contributed by atoms with Gasteiger partial charge in [-0.05, 0) is 15.9 Å². The van der Waals surface area contributed by atoms with Gasteiger partial charge < -0.3 is 14.8 Å². The molecule has 0 fully saturated rings. The minimum Gasteiger partial charge on any atom is -0.372 e. The van der Waals surface area contributed by atoms with Crippen LogP contribution >= 0.6 is 15.9 Å². The SMILES string of the molecule is CNc1ncnc(N2CCn3cnnc3C2)c1Br. The number of hydrogen-bond donors (Lipinski definition) is 1. The van der Waals surface area contributed by atoms with E-state index in [1.165, 1.54) is 0 Å². The zero-order valence-corrected chi connectivity index (χ0v) is 11.4. The maximum Gasteiger partial charge on any atom is 0.152 e. The third-order valence-corrected chi connectivity index (χ3v) is 3.68. The lowest BCUT2D eigenvalue weighted by atomic mass is 10.3. The molecular formula is C10H12BrN7. The molecule has 18 heavy (non-hydrogen) atoms. The van der Waals surface area contributed by atoms with E-state index in [9.17, 15) is 0 Å². The fraction of sp³-hybridized carbons (Fsp3) is 0.400. The standard InChI is InChI=1S/C10H12BrN7/c1-12-9-8(11)10(14-5-13-9)17-2-3-18-6-15-16-7(18)4-17/h5-6H,2-4H2,1H3,(H,12,13,14). The maximum absolute atomic E-state index is 4.34. The molecule has 3 rings (SSSR count). The van der Waals surface area contributed by atoms with Crippen molar-refractivity contribution in [2.24, 2.45) is 0 Å². The Bertz CT molecular complexity index is 567. The molecule has 1 aliphatic rings. The summed E-state index contributed by atoms with van der Waals surface area (Å²) in [5, 5.41) is 11.1. The van der Waals surface area contributed by atoms with Gasteiger partial charge in [-0.25, -0.2) is 9.97 Å². The quantitative estimate of drug-likeness (QED) is 0.888. The van der Waals surface area contributed by atoms with Gasteiger partial charge >= 0.3 is 0 Å². The number of hydrogen-bond acceptors (Lipinski definition) is 6. The van der Waals surface area contributed by atoms with E-state index in [0.29, 0.717) is 6.54 Å². The van der Waals surface area contributed by atoms with Gasteiger partial charge in [-0.2, -0.15) is 0 Å². The Morgan fingerprint density at radius 2 is 2.22 bits per heavy atom. The van der Waals surface area contributed by atoms with Gasteiger partial charge in [0, 0.05) is 20.1 Å². The Morgan fingerprint density at radius 1 is 1.33 bits per heavy atom. The first-order chi connectivity index (χ1) is 8.79. The van der Waals surface area contributed by atoms with Crippen molar-refractivity contribution < 1.29 is 0 Å². The van der Waals surface area contributed by atoms with Crippen LogP contribution in [0.3, 0.4) is 0 Å². The molecule has 1 N–H and O–H groups in total. The molecule has 0 aromatic carbocycles. The second kappa shape index (κ2) is 4.52. The van der Waals surface area contributed by atoms with Crippen LogP contribution in [-0.4, -0.2) is 38.3 Å². The fourth-order valence-electron chi connectivity index (χ4n) is 2.00. The maximum atomic E-state index is 4.34. The molecule has 0 amide bonds. The van der Waals surface area contributed by atoms with Crippen molar-refractivity contribution in [3.8, 4) is 0 Å². The Morgan fingerprint density at radius 3 is 3.06 bits per heavy atom. The van der Waals surface area contributed by atoms with Gasteiger partial charge in [0.05, 0.1) is 6.54 Å². The molecule has 8 heteroatoms. The summed E-state index contributed by atoms with van der Waals surface area (Å²) in [5.74, 6) is 2.62. The highest BCUT2D eigenvalue weighted by atomic mass is 79.9. The molecule has 3 heterocycles. The first-order valence-electron chi connectivity index (χ1n) is 5.59. The van der Waals surface area contributed by atoms with Gasteiger partial charge in [-0.15, -0.1) is 10.2 Å². The normalized spacial score (nSPS) is 14.4. The molecule has 0 bridgehead atoms. The van der Waals surface area contributed by atoms with E-state index in [0.717, 1.165) is 35.0 Å². The van der Waals surface area contributed by atoms with Crippen molar-refractivity contribution in [3.05, 3.63) is 23.0 Å². The average molecular weight is 310 g/mol. The highest BCUT2D eigenvalue weighted by Crippen LogP contribution is 2.30.